The van der Waals surface area contributed by atoms with Crippen molar-refractivity contribution in [2.75, 3.05) is 18.4 Å². The van der Waals surface area contributed by atoms with E-state index in [2.05, 4.69) is 17.2 Å². The van der Waals surface area contributed by atoms with Crippen molar-refractivity contribution in [2.45, 2.75) is 26.2 Å². The number of thiazole rings is 1. The molecule has 0 spiro atoms. The van der Waals surface area contributed by atoms with E-state index in [1.807, 2.05) is 0 Å². The van der Waals surface area contributed by atoms with Gasteiger partial charge < -0.3 is 10.2 Å². The maximum atomic E-state index is 12.4. The maximum absolute atomic E-state index is 12.4. The molecule has 1 saturated heterocycles. The summed E-state index contributed by atoms with van der Waals surface area (Å²) in [6.45, 7) is 3.17. The summed E-state index contributed by atoms with van der Waals surface area (Å²) in [5.41, 5.74) is 0.583. The number of amides is 2. The van der Waals surface area contributed by atoms with Crippen molar-refractivity contribution in [1.82, 2.24) is 9.88 Å². The van der Waals surface area contributed by atoms with Crippen molar-refractivity contribution in [3.8, 4) is 0 Å². The van der Waals surface area contributed by atoms with Crippen molar-refractivity contribution in [3.05, 3.63) is 28.3 Å². The zero-order valence-corrected chi connectivity index (χ0v) is 14.5. The zero-order valence-electron chi connectivity index (χ0n) is 13.7. The lowest BCUT2D eigenvalue weighted by molar-refractivity contribution is -0.384. The molecule has 0 radical (unpaired) electrons. The molecule has 3 rings (SSSR count). The average Bonchev–Trinajstić information content (AvgIpc) is 3.14. The van der Waals surface area contributed by atoms with E-state index in [0.717, 1.165) is 12.8 Å². The minimum Gasteiger partial charge on any atom is -0.342 e. The van der Waals surface area contributed by atoms with Gasteiger partial charge in [-0.1, -0.05) is 24.7 Å². The third-order valence-electron chi connectivity index (χ3n) is 4.18. The van der Waals surface area contributed by atoms with Crippen LogP contribution in [0.4, 0.5) is 10.8 Å². The fourth-order valence-electron chi connectivity index (χ4n) is 2.80. The molecule has 1 aromatic heterocycles. The number of non-ortho nitro benzene ring substituents is 1. The number of aromatic nitrogens is 1. The normalized spacial score (nSPS) is 17.2. The van der Waals surface area contributed by atoms with Gasteiger partial charge in [0, 0.05) is 31.6 Å². The van der Waals surface area contributed by atoms with Crippen LogP contribution in [0.3, 0.4) is 0 Å². The summed E-state index contributed by atoms with van der Waals surface area (Å²) in [4.78, 5) is 40.7. The number of fused-ring (bicyclic) bond motifs is 1. The number of nitrogens with one attached hydrogen (secondary N) is 1. The van der Waals surface area contributed by atoms with E-state index in [0.29, 0.717) is 28.4 Å². The fourth-order valence-corrected chi connectivity index (χ4v) is 3.70. The van der Waals surface area contributed by atoms with Gasteiger partial charge in [0.1, 0.15) is 0 Å². The highest BCUT2D eigenvalue weighted by Crippen LogP contribution is 2.30. The molecule has 1 fully saturated rings. The lowest BCUT2D eigenvalue weighted by atomic mass is 10.1. The van der Waals surface area contributed by atoms with Gasteiger partial charge in [-0.25, -0.2) is 4.98 Å². The van der Waals surface area contributed by atoms with Gasteiger partial charge in [0.15, 0.2) is 5.13 Å². The molecule has 2 aromatic rings. The van der Waals surface area contributed by atoms with Gasteiger partial charge in [0.05, 0.1) is 21.1 Å². The SMILES string of the molecule is CCCCN1CC(C(=O)Nc2nc3ccc([N+](=O)[O-])cc3s2)CC1=O. The van der Waals surface area contributed by atoms with Crippen LogP contribution >= 0.6 is 11.3 Å². The van der Waals surface area contributed by atoms with Crippen LogP contribution < -0.4 is 5.32 Å². The highest BCUT2D eigenvalue weighted by atomic mass is 32.1. The molecule has 1 atom stereocenters. The number of anilines is 1. The van der Waals surface area contributed by atoms with Crippen LogP contribution in [-0.4, -0.2) is 39.7 Å². The predicted octanol–water partition coefficient (Wildman–Crippen LogP) is 2.79. The molecule has 0 bridgehead atoms. The van der Waals surface area contributed by atoms with Gasteiger partial charge in [-0.05, 0) is 12.5 Å². The Balaban J connectivity index is 1.68. The first kappa shape index (κ1) is 17.3. The second-order valence-electron chi connectivity index (χ2n) is 6.01. The van der Waals surface area contributed by atoms with Crippen molar-refractivity contribution in [1.29, 1.82) is 0 Å². The second kappa shape index (κ2) is 7.14. The molecule has 2 amide bonds. The van der Waals surface area contributed by atoms with Crippen molar-refractivity contribution in [3.63, 3.8) is 0 Å². The third kappa shape index (κ3) is 3.76. The highest BCUT2D eigenvalue weighted by molar-refractivity contribution is 7.22. The van der Waals surface area contributed by atoms with Gasteiger partial charge in [0.2, 0.25) is 11.8 Å². The van der Waals surface area contributed by atoms with E-state index >= 15 is 0 Å². The summed E-state index contributed by atoms with van der Waals surface area (Å²) in [5, 5.41) is 14.0. The molecule has 2 heterocycles. The van der Waals surface area contributed by atoms with Gasteiger partial charge >= 0.3 is 0 Å². The Morgan fingerprint density at radius 2 is 2.32 bits per heavy atom. The first-order valence-corrected chi connectivity index (χ1v) is 8.93. The number of benzene rings is 1. The van der Waals surface area contributed by atoms with Crippen LogP contribution in [0.15, 0.2) is 18.2 Å². The highest BCUT2D eigenvalue weighted by Gasteiger charge is 2.34. The summed E-state index contributed by atoms with van der Waals surface area (Å²) in [6, 6.07) is 4.38. The second-order valence-corrected chi connectivity index (χ2v) is 7.04. The quantitative estimate of drug-likeness (QED) is 0.628. The Bertz CT molecular complexity index is 835. The van der Waals surface area contributed by atoms with Crippen LogP contribution in [0.1, 0.15) is 26.2 Å². The molecule has 1 N–H and O–H groups in total. The first-order valence-electron chi connectivity index (χ1n) is 8.11. The number of unbranched alkanes of at least 4 members (excludes halogenated alkanes) is 1. The topological polar surface area (TPSA) is 105 Å². The summed E-state index contributed by atoms with van der Waals surface area (Å²) >= 11 is 1.19. The lowest BCUT2D eigenvalue weighted by Gasteiger charge is -2.15. The predicted molar refractivity (Wildman–Crippen MR) is 94.5 cm³/mol. The van der Waals surface area contributed by atoms with Crippen LogP contribution in [0.25, 0.3) is 10.2 Å². The molecule has 0 saturated carbocycles. The Hall–Kier alpha value is -2.55. The van der Waals surface area contributed by atoms with E-state index in [9.17, 15) is 19.7 Å². The van der Waals surface area contributed by atoms with Crippen LogP contribution in [0, 0.1) is 16.0 Å². The smallest absolute Gasteiger partial charge is 0.270 e. The van der Waals surface area contributed by atoms with E-state index in [1.54, 1.807) is 11.0 Å². The van der Waals surface area contributed by atoms with Crippen LogP contribution in [-0.2, 0) is 9.59 Å². The number of carbonyl (C=O) groups is 2. The number of rotatable bonds is 6. The monoisotopic (exact) mass is 362 g/mol. The van der Waals surface area contributed by atoms with Crippen LogP contribution in [0.2, 0.25) is 0 Å². The minimum absolute atomic E-state index is 0.00789. The molecular formula is C16H18N4O4S. The molecule has 9 heteroatoms. The standard InChI is InChI=1S/C16H18N4O4S/c1-2-3-6-19-9-10(7-14(19)21)15(22)18-16-17-12-5-4-11(20(23)24)8-13(12)25-16/h4-5,8,10H,2-3,6-7,9H2,1H3,(H,17,18,22). The molecular weight excluding hydrogens is 344 g/mol. The maximum Gasteiger partial charge on any atom is 0.270 e. The van der Waals surface area contributed by atoms with Gasteiger partial charge in [-0.3, -0.25) is 19.7 Å². The fraction of sp³-hybridized carbons (Fsp3) is 0.438. The number of likely N-dealkylation sites (tertiary alicyclic amines) is 1. The Kier molecular flexibility index (Phi) is 4.93. The summed E-state index contributed by atoms with van der Waals surface area (Å²) in [6.07, 6.45) is 2.14. The molecule has 132 valence electrons. The molecule has 1 aliphatic rings. The molecule has 8 nitrogen and oxygen atoms in total. The van der Waals surface area contributed by atoms with E-state index < -0.39 is 4.92 Å². The number of carbonyl (C=O) groups excluding carboxylic acids is 2. The lowest BCUT2D eigenvalue weighted by Crippen LogP contribution is -2.29. The first-order chi connectivity index (χ1) is 12.0. The third-order valence-corrected chi connectivity index (χ3v) is 5.11. The zero-order chi connectivity index (χ0) is 18.0. The molecule has 1 aromatic carbocycles. The van der Waals surface area contributed by atoms with E-state index in [-0.39, 0.29) is 29.8 Å². The van der Waals surface area contributed by atoms with Crippen molar-refractivity contribution in [2.24, 2.45) is 5.92 Å². The molecule has 1 unspecified atom stereocenters. The van der Waals surface area contributed by atoms with Crippen molar-refractivity contribution >= 4 is 44.2 Å². The number of hydrogen-bond donors (Lipinski definition) is 1. The summed E-state index contributed by atoms with van der Waals surface area (Å²) in [5.74, 6) is -0.611. The Labute approximate surface area is 148 Å². The number of hydrogen-bond acceptors (Lipinski definition) is 6. The van der Waals surface area contributed by atoms with Gasteiger partial charge in [-0.2, -0.15) is 0 Å². The van der Waals surface area contributed by atoms with Crippen LogP contribution in [0.5, 0.6) is 0 Å². The van der Waals surface area contributed by atoms with Gasteiger partial charge in [0.25, 0.3) is 5.69 Å². The van der Waals surface area contributed by atoms with E-state index in [1.165, 1.54) is 23.5 Å². The van der Waals surface area contributed by atoms with Crippen molar-refractivity contribution < 1.29 is 14.5 Å². The average molecular weight is 362 g/mol. The minimum atomic E-state index is -0.466. The summed E-state index contributed by atoms with van der Waals surface area (Å²) < 4.78 is 0.636. The number of nitro benzene ring substituents is 1. The largest absolute Gasteiger partial charge is 0.342 e. The molecule has 0 aliphatic carbocycles. The molecule has 25 heavy (non-hydrogen) atoms. The van der Waals surface area contributed by atoms with E-state index in [4.69, 9.17) is 0 Å². The Morgan fingerprint density at radius 1 is 1.52 bits per heavy atom. The number of nitrogens with zero attached hydrogens (tertiary/aromatic N) is 3. The summed E-state index contributed by atoms with van der Waals surface area (Å²) in [7, 11) is 0. The molecule has 1 aliphatic heterocycles. The number of nitro groups is 1. The van der Waals surface area contributed by atoms with Gasteiger partial charge in [-0.15, -0.1) is 0 Å². The Morgan fingerprint density at radius 3 is 3.04 bits per heavy atom.